The van der Waals surface area contributed by atoms with Crippen LogP contribution in [0.4, 0.5) is 0 Å². The normalized spacial score (nSPS) is 18.2. The largest absolute Gasteiger partial charge is 0.357 e. The summed E-state index contributed by atoms with van der Waals surface area (Å²) in [5.74, 6) is 0.779. The molecular weight excluding hydrogens is 338 g/mol. The summed E-state index contributed by atoms with van der Waals surface area (Å²) in [6, 6.07) is 8.32. The second-order valence-electron chi connectivity index (χ2n) is 6.99. The van der Waals surface area contributed by atoms with E-state index in [2.05, 4.69) is 39.7 Å². The molecule has 1 unspecified atom stereocenters. The number of nitrogens with zero attached hydrogens (tertiary/aromatic N) is 2. The van der Waals surface area contributed by atoms with E-state index in [0.717, 1.165) is 37.2 Å². The summed E-state index contributed by atoms with van der Waals surface area (Å²) in [4.78, 5) is 18.9. The zero-order valence-corrected chi connectivity index (χ0v) is 17.1. The first-order valence-corrected chi connectivity index (χ1v) is 10.2. The molecule has 0 aromatic heterocycles. The second kappa shape index (κ2) is 11.6. The zero-order chi connectivity index (χ0) is 19.5. The molecule has 1 saturated heterocycles. The molecule has 0 aliphatic carbocycles. The lowest BCUT2D eigenvalue weighted by atomic mass is 10.0. The maximum atomic E-state index is 11.6. The first kappa shape index (κ1) is 21.2. The van der Waals surface area contributed by atoms with E-state index >= 15 is 0 Å². The van der Waals surface area contributed by atoms with E-state index in [0.29, 0.717) is 12.1 Å². The summed E-state index contributed by atoms with van der Waals surface area (Å²) < 4.78 is 0. The van der Waals surface area contributed by atoms with Crippen molar-refractivity contribution in [2.75, 3.05) is 33.2 Å². The number of piperidine rings is 1. The number of rotatable bonds is 8. The highest BCUT2D eigenvalue weighted by atomic mass is 16.1. The molecule has 1 aliphatic rings. The van der Waals surface area contributed by atoms with Crippen molar-refractivity contribution in [1.29, 1.82) is 0 Å². The Morgan fingerprint density at radius 2 is 1.96 bits per heavy atom. The summed E-state index contributed by atoms with van der Waals surface area (Å²) in [5, 5.41) is 9.40. The third kappa shape index (κ3) is 6.86. The zero-order valence-electron chi connectivity index (χ0n) is 17.1. The molecule has 1 aromatic rings. The van der Waals surface area contributed by atoms with Crippen molar-refractivity contribution < 1.29 is 4.79 Å². The molecule has 1 aromatic carbocycles. The van der Waals surface area contributed by atoms with Gasteiger partial charge in [-0.2, -0.15) is 0 Å². The minimum atomic E-state index is -0.0665. The number of guanidine groups is 1. The quantitative estimate of drug-likeness (QED) is 0.483. The van der Waals surface area contributed by atoms with Crippen LogP contribution >= 0.6 is 0 Å². The molecule has 1 fully saturated rings. The molecule has 6 heteroatoms. The van der Waals surface area contributed by atoms with Gasteiger partial charge in [0.15, 0.2) is 5.96 Å². The standard InChI is InChI=1S/C21H35N5O/c1-4-19-8-6-7-14-26(19)15-13-24-21(23-5-2)25-16-17-9-11-18(12-10-17)20(27)22-3/h9-12,19H,4-8,13-16H2,1-3H3,(H,22,27)(H2,23,24,25). The number of hydrogen-bond donors (Lipinski definition) is 3. The summed E-state index contributed by atoms with van der Waals surface area (Å²) in [5.41, 5.74) is 1.75. The smallest absolute Gasteiger partial charge is 0.251 e. The molecule has 1 atom stereocenters. The number of carbonyl (C=O) groups excluding carboxylic acids is 1. The molecule has 0 saturated carbocycles. The number of aliphatic imine (C=N–C) groups is 1. The van der Waals surface area contributed by atoms with Gasteiger partial charge in [0.2, 0.25) is 0 Å². The van der Waals surface area contributed by atoms with Crippen LogP contribution in [0.2, 0.25) is 0 Å². The lowest BCUT2D eigenvalue weighted by Crippen LogP contribution is -2.45. The van der Waals surface area contributed by atoms with Gasteiger partial charge in [-0.1, -0.05) is 25.5 Å². The van der Waals surface area contributed by atoms with Gasteiger partial charge in [0, 0.05) is 38.3 Å². The molecule has 1 heterocycles. The maximum Gasteiger partial charge on any atom is 0.251 e. The minimum Gasteiger partial charge on any atom is -0.357 e. The van der Waals surface area contributed by atoms with E-state index < -0.39 is 0 Å². The SMILES string of the molecule is CCNC(=NCc1ccc(C(=O)NC)cc1)NCCN1CCCCC1CC. The first-order valence-electron chi connectivity index (χ1n) is 10.2. The van der Waals surface area contributed by atoms with Gasteiger partial charge < -0.3 is 16.0 Å². The summed E-state index contributed by atoms with van der Waals surface area (Å²) in [6.07, 6.45) is 5.25. The van der Waals surface area contributed by atoms with Crippen molar-refractivity contribution in [3.05, 3.63) is 35.4 Å². The van der Waals surface area contributed by atoms with Gasteiger partial charge in [-0.25, -0.2) is 4.99 Å². The number of hydrogen-bond acceptors (Lipinski definition) is 3. The Bertz CT molecular complexity index is 599. The number of nitrogens with one attached hydrogen (secondary N) is 3. The van der Waals surface area contributed by atoms with Crippen LogP contribution in [0.5, 0.6) is 0 Å². The fourth-order valence-electron chi connectivity index (χ4n) is 3.55. The highest BCUT2D eigenvalue weighted by Crippen LogP contribution is 2.18. The Kier molecular flexibility index (Phi) is 9.11. The molecular formula is C21H35N5O. The van der Waals surface area contributed by atoms with Crippen LogP contribution in [0.25, 0.3) is 0 Å². The number of carbonyl (C=O) groups is 1. The highest BCUT2D eigenvalue weighted by molar-refractivity contribution is 5.93. The fraction of sp³-hybridized carbons (Fsp3) is 0.619. The molecule has 0 radical (unpaired) electrons. The summed E-state index contributed by atoms with van der Waals surface area (Å²) in [6.45, 7) is 8.96. The molecule has 0 bridgehead atoms. The third-order valence-corrected chi connectivity index (χ3v) is 5.12. The Labute approximate surface area is 163 Å². The Morgan fingerprint density at radius 1 is 1.19 bits per heavy atom. The van der Waals surface area contributed by atoms with Crippen LogP contribution in [-0.4, -0.2) is 56.0 Å². The predicted octanol–water partition coefficient (Wildman–Crippen LogP) is 2.37. The molecule has 27 heavy (non-hydrogen) atoms. The maximum absolute atomic E-state index is 11.6. The van der Waals surface area contributed by atoms with Crippen molar-refractivity contribution in [1.82, 2.24) is 20.9 Å². The van der Waals surface area contributed by atoms with E-state index in [4.69, 9.17) is 0 Å². The highest BCUT2D eigenvalue weighted by Gasteiger charge is 2.19. The molecule has 0 spiro atoms. The average molecular weight is 374 g/mol. The lowest BCUT2D eigenvalue weighted by molar-refractivity contribution is 0.0963. The van der Waals surface area contributed by atoms with E-state index in [1.165, 1.54) is 32.2 Å². The number of likely N-dealkylation sites (tertiary alicyclic amines) is 1. The third-order valence-electron chi connectivity index (χ3n) is 5.12. The van der Waals surface area contributed by atoms with Crippen LogP contribution in [0.1, 0.15) is 55.5 Å². The first-order chi connectivity index (χ1) is 13.2. The summed E-state index contributed by atoms with van der Waals surface area (Å²) in [7, 11) is 1.64. The molecule has 1 aliphatic heterocycles. The van der Waals surface area contributed by atoms with Crippen LogP contribution in [0, 0.1) is 0 Å². The van der Waals surface area contributed by atoms with Crippen molar-refractivity contribution >= 4 is 11.9 Å². The van der Waals surface area contributed by atoms with Crippen molar-refractivity contribution in [2.45, 2.75) is 52.1 Å². The fourth-order valence-corrected chi connectivity index (χ4v) is 3.55. The van der Waals surface area contributed by atoms with Gasteiger partial charge in [0.25, 0.3) is 5.91 Å². The Balaban J connectivity index is 1.85. The Morgan fingerprint density at radius 3 is 2.63 bits per heavy atom. The van der Waals surface area contributed by atoms with E-state index in [1.807, 2.05) is 24.3 Å². The molecule has 2 rings (SSSR count). The topological polar surface area (TPSA) is 68.8 Å². The van der Waals surface area contributed by atoms with Gasteiger partial charge in [-0.05, 0) is 50.4 Å². The van der Waals surface area contributed by atoms with Crippen LogP contribution in [0.3, 0.4) is 0 Å². The van der Waals surface area contributed by atoms with E-state index in [-0.39, 0.29) is 5.91 Å². The molecule has 3 N–H and O–H groups in total. The van der Waals surface area contributed by atoms with Crippen LogP contribution in [-0.2, 0) is 6.54 Å². The van der Waals surface area contributed by atoms with Gasteiger partial charge in [-0.3, -0.25) is 9.69 Å². The van der Waals surface area contributed by atoms with Gasteiger partial charge in [0.05, 0.1) is 6.54 Å². The second-order valence-corrected chi connectivity index (χ2v) is 6.99. The van der Waals surface area contributed by atoms with Crippen molar-refractivity contribution in [2.24, 2.45) is 4.99 Å². The molecule has 150 valence electrons. The molecule has 6 nitrogen and oxygen atoms in total. The lowest BCUT2D eigenvalue weighted by Gasteiger charge is -2.35. The monoisotopic (exact) mass is 373 g/mol. The number of benzene rings is 1. The van der Waals surface area contributed by atoms with Gasteiger partial charge in [-0.15, -0.1) is 0 Å². The predicted molar refractivity (Wildman–Crippen MR) is 112 cm³/mol. The number of amides is 1. The summed E-state index contributed by atoms with van der Waals surface area (Å²) >= 11 is 0. The minimum absolute atomic E-state index is 0.0665. The van der Waals surface area contributed by atoms with Crippen molar-refractivity contribution in [3.63, 3.8) is 0 Å². The van der Waals surface area contributed by atoms with E-state index in [9.17, 15) is 4.79 Å². The van der Waals surface area contributed by atoms with Crippen LogP contribution in [0.15, 0.2) is 29.3 Å². The van der Waals surface area contributed by atoms with Gasteiger partial charge in [0.1, 0.15) is 0 Å². The van der Waals surface area contributed by atoms with Gasteiger partial charge >= 0.3 is 0 Å². The average Bonchev–Trinajstić information content (AvgIpc) is 2.72. The molecule has 1 amide bonds. The van der Waals surface area contributed by atoms with E-state index in [1.54, 1.807) is 7.05 Å². The Hall–Kier alpha value is -2.08. The van der Waals surface area contributed by atoms with Crippen molar-refractivity contribution in [3.8, 4) is 0 Å². The van der Waals surface area contributed by atoms with Crippen LogP contribution < -0.4 is 16.0 Å².